The number of nitrogens with zero attached hydrogens (tertiary/aromatic N) is 4. The van der Waals surface area contributed by atoms with E-state index in [1.54, 1.807) is 0 Å². The summed E-state index contributed by atoms with van der Waals surface area (Å²) in [5.74, 6) is 2.10. The average Bonchev–Trinajstić information content (AvgIpc) is 2.92. The smallest absolute Gasteiger partial charge is 0.133 e. The first-order chi connectivity index (χ1) is 10.2. The zero-order valence-corrected chi connectivity index (χ0v) is 13.5. The van der Waals surface area contributed by atoms with Crippen molar-refractivity contribution in [2.24, 2.45) is 0 Å². The van der Waals surface area contributed by atoms with Crippen LogP contribution in [0.4, 0.5) is 5.82 Å². The zero-order valence-electron chi connectivity index (χ0n) is 13.5. The highest BCUT2D eigenvalue weighted by Gasteiger charge is 2.25. The van der Waals surface area contributed by atoms with Gasteiger partial charge < -0.3 is 15.1 Å². The first-order valence-electron chi connectivity index (χ1n) is 8.18. The molecule has 0 radical (unpaired) electrons. The molecule has 116 valence electrons. The molecule has 1 aromatic heterocycles. The number of aryl methyl sites for hydroxylation is 1. The lowest BCUT2D eigenvalue weighted by atomic mass is 10.1. The fourth-order valence-electron chi connectivity index (χ4n) is 3.42. The van der Waals surface area contributed by atoms with Crippen LogP contribution in [-0.2, 0) is 19.3 Å². The van der Waals surface area contributed by atoms with Crippen LogP contribution >= 0.6 is 0 Å². The fraction of sp³-hybridized carbons (Fsp3) is 0.750. The Morgan fingerprint density at radius 3 is 2.86 bits per heavy atom. The van der Waals surface area contributed by atoms with Gasteiger partial charge in [-0.3, -0.25) is 0 Å². The van der Waals surface area contributed by atoms with E-state index in [1.807, 2.05) is 0 Å². The molecule has 1 aliphatic heterocycles. The molecule has 1 aromatic rings. The van der Waals surface area contributed by atoms with Crippen LogP contribution in [0.15, 0.2) is 0 Å². The second kappa shape index (κ2) is 6.28. The second-order valence-corrected chi connectivity index (χ2v) is 6.40. The summed E-state index contributed by atoms with van der Waals surface area (Å²) in [4.78, 5) is 14.5. The standard InChI is InChI=1S/C16H27N5/c1-4-17-16-13-6-5-7-14(13)18-15(19-16)10-12-11-20(2)8-9-21(12)3/h12H,4-11H2,1-3H3,(H,17,18,19). The van der Waals surface area contributed by atoms with E-state index >= 15 is 0 Å². The van der Waals surface area contributed by atoms with Crippen molar-refractivity contribution >= 4 is 5.82 Å². The van der Waals surface area contributed by atoms with Gasteiger partial charge in [-0.25, -0.2) is 9.97 Å². The summed E-state index contributed by atoms with van der Waals surface area (Å²) >= 11 is 0. The number of aromatic nitrogens is 2. The summed E-state index contributed by atoms with van der Waals surface area (Å²) in [6.07, 6.45) is 4.41. The van der Waals surface area contributed by atoms with E-state index in [-0.39, 0.29) is 0 Å². The van der Waals surface area contributed by atoms with Crippen molar-refractivity contribution in [3.05, 3.63) is 17.1 Å². The molecule has 2 heterocycles. The summed E-state index contributed by atoms with van der Waals surface area (Å²) in [6, 6.07) is 0.526. The molecule has 5 nitrogen and oxygen atoms in total. The Balaban J connectivity index is 1.80. The summed E-state index contributed by atoms with van der Waals surface area (Å²) in [5, 5.41) is 3.43. The van der Waals surface area contributed by atoms with Crippen LogP contribution in [0.2, 0.25) is 0 Å². The molecular weight excluding hydrogens is 262 g/mol. The van der Waals surface area contributed by atoms with Crippen LogP contribution in [0.5, 0.6) is 0 Å². The van der Waals surface area contributed by atoms with E-state index in [0.29, 0.717) is 6.04 Å². The lowest BCUT2D eigenvalue weighted by Gasteiger charge is -2.37. The molecule has 1 aliphatic carbocycles. The largest absolute Gasteiger partial charge is 0.370 e. The first-order valence-corrected chi connectivity index (χ1v) is 8.18. The number of hydrogen-bond acceptors (Lipinski definition) is 5. The van der Waals surface area contributed by atoms with Crippen LogP contribution in [0.25, 0.3) is 0 Å². The maximum Gasteiger partial charge on any atom is 0.133 e. The van der Waals surface area contributed by atoms with Crippen molar-refractivity contribution in [1.29, 1.82) is 0 Å². The zero-order chi connectivity index (χ0) is 14.8. The molecule has 0 amide bonds. The van der Waals surface area contributed by atoms with Crippen molar-refractivity contribution in [3.8, 4) is 0 Å². The van der Waals surface area contributed by atoms with E-state index in [4.69, 9.17) is 9.97 Å². The highest BCUT2D eigenvalue weighted by atomic mass is 15.3. The highest BCUT2D eigenvalue weighted by molar-refractivity contribution is 5.48. The van der Waals surface area contributed by atoms with Crippen LogP contribution in [0, 0.1) is 0 Å². The van der Waals surface area contributed by atoms with Gasteiger partial charge in [0.2, 0.25) is 0 Å². The van der Waals surface area contributed by atoms with E-state index < -0.39 is 0 Å². The molecule has 0 aromatic carbocycles. The Hall–Kier alpha value is -1.20. The van der Waals surface area contributed by atoms with Gasteiger partial charge in [-0.1, -0.05) is 0 Å². The Bertz CT molecular complexity index is 502. The Morgan fingerprint density at radius 1 is 1.19 bits per heavy atom. The van der Waals surface area contributed by atoms with Gasteiger partial charge in [0.05, 0.1) is 0 Å². The number of anilines is 1. The van der Waals surface area contributed by atoms with Crippen LogP contribution in [0.3, 0.4) is 0 Å². The lowest BCUT2D eigenvalue weighted by molar-refractivity contribution is 0.113. The molecule has 1 atom stereocenters. The maximum atomic E-state index is 4.85. The topological polar surface area (TPSA) is 44.3 Å². The Kier molecular flexibility index (Phi) is 4.40. The van der Waals surface area contributed by atoms with Crippen molar-refractivity contribution in [1.82, 2.24) is 19.8 Å². The minimum absolute atomic E-state index is 0.526. The van der Waals surface area contributed by atoms with Crippen LogP contribution in [0.1, 0.15) is 30.4 Å². The van der Waals surface area contributed by atoms with Gasteiger partial charge in [0, 0.05) is 49.9 Å². The molecule has 0 saturated carbocycles. The predicted molar refractivity (Wildman–Crippen MR) is 85.8 cm³/mol. The number of nitrogens with one attached hydrogen (secondary N) is 1. The molecule has 1 saturated heterocycles. The third-order valence-corrected chi connectivity index (χ3v) is 4.72. The van der Waals surface area contributed by atoms with Crippen molar-refractivity contribution in [2.45, 2.75) is 38.6 Å². The maximum absolute atomic E-state index is 4.85. The lowest BCUT2D eigenvalue weighted by Crippen LogP contribution is -2.51. The van der Waals surface area contributed by atoms with Gasteiger partial charge >= 0.3 is 0 Å². The van der Waals surface area contributed by atoms with Gasteiger partial charge in [0.1, 0.15) is 11.6 Å². The predicted octanol–water partition coefficient (Wildman–Crippen LogP) is 1.19. The van der Waals surface area contributed by atoms with Gasteiger partial charge in [0.15, 0.2) is 0 Å². The number of rotatable bonds is 4. The third-order valence-electron chi connectivity index (χ3n) is 4.72. The van der Waals surface area contributed by atoms with Gasteiger partial charge in [0.25, 0.3) is 0 Å². The van der Waals surface area contributed by atoms with Gasteiger partial charge in [-0.15, -0.1) is 0 Å². The van der Waals surface area contributed by atoms with Crippen molar-refractivity contribution < 1.29 is 0 Å². The molecule has 1 unspecified atom stereocenters. The molecule has 5 heteroatoms. The molecule has 3 rings (SSSR count). The summed E-state index contributed by atoms with van der Waals surface area (Å²) in [6.45, 7) is 6.45. The Morgan fingerprint density at radius 2 is 2.05 bits per heavy atom. The fourth-order valence-corrected chi connectivity index (χ4v) is 3.42. The van der Waals surface area contributed by atoms with Crippen LogP contribution in [-0.4, -0.2) is 66.1 Å². The summed E-state index contributed by atoms with van der Waals surface area (Å²) in [7, 11) is 4.42. The second-order valence-electron chi connectivity index (χ2n) is 6.40. The normalized spacial score (nSPS) is 23.3. The van der Waals surface area contributed by atoms with E-state index in [1.165, 1.54) is 17.7 Å². The van der Waals surface area contributed by atoms with E-state index in [9.17, 15) is 0 Å². The summed E-state index contributed by atoms with van der Waals surface area (Å²) in [5.41, 5.74) is 2.64. The molecule has 2 aliphatic rings. The number of hydrogen-bond donors (Lipinski definition) is 1. The molecule has 1 N–H and O–H groups in total. The molecule has 0 spiro atoms. The number of likely N-dealkylation sites (N-methyl/N-ethyl adjacent to an activating group) is 2. The highest BCUT2D eigenvalue weighted by Crippen LogP contribution is 2.26. The van der Waals surface area contributed by atoms with E-state index in [0.717, 1.165) is 57.1 Å². The van der Waals surface area contributed by atoms with Crippen molar-refractivity contribution in [2.75, 3.05) is 45.6 Å². The Labute approximate surface area is 127 Å². The van der Waals surface area contributed by atoms with Gasteiger partial charge in [-0.05, 0) is 40.3 Å². The number of fused-ring (bicyclic) bond motifs is 1. The van der Waals surface area contributed by atoms with E-state index in [2.05, 4.69) is 36.1 Å². The van der Waals surface area contributed by atoms with Crippen LogP contribution < -0.4 is 5.32 Å². The molecular formula is C16H27N5. The number of piperazine rings is 1. The minimum Gasteiger partial charge on any atom is -0.370 e. The minimum atomic E-state index is 0.526. The summed E-state index contributed by atoms with van der Waals surface area (Å²) < 4.78 is 0. The van der Waals surface area contributed by atoms with Gasteiger partial charge in [-0.2, -0.15) is 0 Å². The average molecular weight is 289 g/mol. The third kappa shape index (κ3) is 3.19. The molecule has 1 fully saturated rings. The quantitative estimate of drug-likeness (QED) is 0.902. The SMILES string of the molecule is CCNc1nc(CC2CN(C)CCN2C)nc2c1CCC2. The van der Waals surface area contributed by atoms with Crippen molar-refractivity contribution in [3.63, 3.8) is 0 Å². The molecule has 21 heavy (non-hydrogen) atoms. The first kappa shape index (κ1) is 14.7. The molecule has 0 bridgehead atoms. The monoisotopic (exact) mass is 289 g/mol.